The molecule has 0 aliphatic heterocycles. The summed E-state index contributed by atoms with van der Waals surface area (Å²) in [6.45, 7) is 8.67. The van der Waals surface area contributed by atoms with Crippen molar-refractivity contribution in [2.75, 3.05) is 0 Å². The molecule has 0 unspecified atom stereocenters. The molecule has 0 bridgehead atoms. The average molecular weight is 144 g/mol. The summed E-state index contributed by atoms with van der Waals surface area (Å²) in [4.78, 5) is 0. The van der Waals surface area contributed by atoms with E-state index in [4.69, 9.17) is 0 Å². The van der Waals surface area contributed by atoms with Crippen LogP contribution in [-0.2, 0) is 0 Å². The van der Waals surface area contributed by atoms with Gasteiger partial charge < -0.3 is 4.11 Å². The van der Waals surface area contributed by atoms with Crippen molar-refractivity contribution in [2.45, 2.75) is 18.6 Å². The Hall–Kier alpha value is -0.373. The van der Waals surface area contributed by atoms with E-state index in [0.717, 1.165) is 0 Å². The molecule has 0 nitrogen and oxygen atoms in total. The molecule has 9 heavy (non-hydrogen) atoms. The Bertz CT molecular complexity index is 95.5. The minimum atomic E-state index is -2.44. The predicted octanol–water partition coefficient (Wildman–Crippen LogP) is 2.90. The van der Waals surface area contributed by atoms with Gasteiger partial charge in [-0.15, -0.1) is 13.2 Å². The zero-order valence-corrected chi connectivity index (χ0v) is 6.86. The lowest BCUT2D eigenvalue weighted by atomic mass is 10.7. The topological polar surface area (TPSA) is 0 Å². The van der Waals surface area contributed by atoms with Crippen molar-refractivity contribution in [1.29, 1.82) is 0 Å². The highest BCUT2D eigenvalue weighted by Gasteiger charge is 2.23. The molecule has 0 rings (SSSR count). The Labute approximate surface area is 57.3 Å². The van der Waals surface area contributed by atoms with Crippen LogP contribution in [0.4, 0.5) is 4.11 Å². The van der Waals surface area contributed by atoms with Gasteiger partial charge in [-0.2, -0.15) is 0 Å². The quantitative estimate of drug-likeness (QED) is 0.323. The summed E-state index contributed by atoms with van der Waals surface area (Å²) in [6, 6.07) is 1.08. The second-order valence-corrected chi connectivity index (χ2v) is 6.04. The van der Waals surface area contributed by atoms with Crippen LogP contribution in [0.25, 0.3) is 0 Å². The molecule has 0 aromatic rings. The first-order valence-electron chi connectivity index (χ1n) is 3.03. The summed E-state index contributed by atoms with van der Waals surface area (Å²) in [5, 5.41) is 0. The van der Waals surface area contributed by atoms with Gasteiger partial charge in [0.05, 0.1) is 0 Å². The third-order valence-electron chi connectivity index (χ3n) is 1.14. The van der Waals surface area contributed by atoms with E-state index in [2.05, 4.69) is 13.2 Å². The lowest BCUT2D eigenvalue weighted by Crippen LogP contribution is -2.20. The maximum atomic E-state index is 13.1. The van der Waals surface area contributed by atoms with Crippen molar-refractivity contribution < 1.29 is 4.11 Å². The summed E-state index contributed by atoms with van der Waals surface area (Å²) in [5.74, 6) is 0. The van der Waals surface area contributed by atoms with Crippen LogP contribution in [0.15, 0.2) is 25.3 Å². The highest BCUT2D eigenvalue weighted by atomic mass is 28.4. The molecule has 0 aliphatic carbocycles. The van der Waals surface area contributed by atoms with Crippen molar-refractivity contribution in [3.63, 3.8) is 0 Å². The molecule has 0 saturated carbocycles. The second kappa shape index (κ2) is 3.61. The fourth-order valence-corrected chi connectivity index (χ4v) is 2.06. The van der Waals surface area contributed by atoms with Gasteiger partial charge in [-0.05, 0) is 18.6 Å². The van der Waals surface area contributed by atoms with Crippen LogP contribution in [-0.4, -0.2) is 8.41 Å². The van der Waals surface area contributed by atoms with E-state index in [0.29, 0.717) is 12.1 Å². The summed E-state index contributed by atoms with van der Waals surface area (Å²) in [5.41, 5.74) is 0. The highest BCUT2D eigenvalue weighted by Crippen LogP contribution is 2.16. The van der Waals surface area contributed by atoms with Crippen LogP contribution < -0.4 is 0 Å². The van der Waals surface area contributed by atoms with E-state index in [1.54, 1.807) is 18.7 Å². The smallest absolute Gasteiger partial charge is 0.251 e. The third-order valence-corrected chi connectivity index (χ3v) is 3.42. The fourth-order valence-electron chi connectivity index (χ4n) is 0.685. The van der Waals surface area contributed by atoms with Crippen molar-refractivity contribution in [2.24, 2.45) is 0 Å². The Kier molecular flexibility index (Phi) is 3.46. The largest absolute Gasteiger partial charge is 0.313 e. The monoisotopic (exact) mass is 144 g/mol. The normalized spacial score (nSPS) is 10.9. The number of hydrogen-bond donors (Lipinski definition) is 0. The van der Waals surface area contributed by atoms with E-state index in [-0.39, 0.29) is 0 Å². The zero-order chi connectivity index (χ0) is 7.33. The number of hydrogen-bond acceptors (Lipinski definition) is 0. The molecule has 0 heterocycles. The molecule has 0 atom stereocenters. The van der Waals surface area contributed by atoms with Crippen molar-refractivity contribution in [1.82, 2.24) is 0 Å². The third kappa shape index (κ3) is 4.15. The van der Waals surface area contributed by atoms with Crippen molar-refractivity contribution in [3.05, 3.63) is 25.3 Å². The average Bonchev–Trinajstić information content (AvgIpc) is 1.64. The molecule has 0 amide bonds. The molecule has 52 valence electrons. The molecule has 0 saturated heterocycles. The Balaban J connectivity index is 3.68. The van der Waals surface area contributed by atoms with Crippen LogP contribution in [0.5, 0.6) is 0 Å². The number of rotatable bonds is 4. The first kappa shape index (κ1) is 8.63. The van der Waals surface area contributed by atoms with Gasteiger partial charge in [-0.25, -0.2) is 0 Å². The first-order chi connectivity index (χ1) is 4.12. The van der Waals surface area contributed by atoms with Crippen molar-refractivity contribution in [3.8, 4) is 0 Å². The van der Waals surface area contributed by atoms with Gasteiger partial charge in [0.25, 0.3) is 8.41 Å². The molecule has 0 aliphatic rings. The second-order valence-electron chi connectivity index (χ2n) is 2.40. The molecule has 0 N–H and O–H groups in total. The molecule has 0 aromatic heterocycles. The molecule has 0 spiro atoms. The molecular formula is C7H13FSi. The summed E-state index contributed by atoms with van der Waals surface area (Å²) >= 11 is 0. The van der Waals surface area contributed by atoms with Gasteiger partial charge in [-0.1, -0.05) is 12.2 Å². The van der Waals surface area contributed by atoms with Crippen LogP contribution >= 0.6 is 0 Å². The van der Waals surface area contributed by atoms with Crippen LogP contribution in [0.1, 0.15) is 0 Å². The lowest BCUT2D eigenvalue weighted by Gasteiger charge is -2.10. The standard InChI is InChI=1S/C7H13FSi/c1-4-6-9(3,8)7-5-2/h4-5H,1-2,6-7H2,3H3. The zero-order valence-electron chi connectivity index (χ0n) is 5.86. The maximum absolute atomic E-state index is 13.1. The molecule has 0 aromatic carbocycles. The Morgan fingerprint density at radius 3 is 1.89 bits per heavy atom. The Morgan fingerprint density at radius 1 is 1.33 bits per heavy atom. The van der Waals surface area contributed by atoms with Gasteiger partial charge in [0, 0.05) is 0 Å². The van der Waals surface area contributed by atoms with Gasteiger partial charge in [0.15, 0.2) is 0 Å². The highest BCUT2D eigenvalue weighted by molar-refractivity contribution is 6.72. The van der Waals surface area contributed by atoms with E-state index in [1.807, 2.05) is 0 Å². The van der Waals surface area contributed by atoms with E-state index < -0.39 is 8.41 Å². The minimum absolute atomic E-state index is 0.541. The van der Waals surface area contributed by atoms with Gasteiger partial charge in [-0.3, -0.25) is 0 Å². The summed E-state index contributed by atoms with van der Waals surface area (Å²) in [7, 11) is -2.44. The number of allylic oxidation sites excluding steroid dienone is 2. The molecule has 2 heteroatoms. The minimum Gasteiger partial charge on any atom is -0.313 e. The molecule has 0 fully saturated rings. The van der Waals surface area contributed by atoms with E-state index in [9.17, 15) is 4.11 Å². The first-order valence-corrected chi connectivity index (χ1v) is 5.82. The SMILES string of the molecule is C=CC[Si](C)(F)CC=C. The Morgan fingerprint density at radius 2 is 1.67 bits per heavy atom. The lowest BCUT2D eigenvalue weighted by molar-refractivity contribution is 0.788. The van der Waals surface area contributed by atoms with Gasteiger partial charge >= 0.3 is 0 Å². The van der Waals surface area contributed by atoms with Crippen LogP contribution in [0.3, 0.4) is 0 Å². The van der Waals surface area contributed by atoms with E-state index in [1.165, 1.54) is 0 Å². The van der Waals surface area contributed by atoms with Gasteiger partial charge in [0.2, 0.25) is 0 Å². The molecular weight excluding hydrogens is 131 g/mol. The fraction of sp³-hybridized carbons (Fsp3) is 0.429. The molecule has 0 radical (unpaired) electrons. The van der Waals surface area contributed by atoms with E-state index >= 15 is 0 Å². The van der Waals surface area contributed by atoms with Gasteiger partial charge in [0.1, 0.15) is 0 Å². The maximum Gasteiger partial charge on any atom is 0.251 e. The van der Waals surface area contributed by atoms with Crippen molar-refractivity contribution >= 4 is 8.41 Å². The summed E-state index contributed by atoms with van der Waals surface area (Å²) in [6.07, 6.45) is 3.30. The summed E-state index contributed by atoms with van der Waals surface area (Å²) < 4.78 is 13.1. The van der Waals surface area contributed by atoms with Crippen LogP contribution in [0.2, 0.25) is 18.6 Å². The predicted molar refractivity (Wildman–Crippen MR) is 42.7 cm³/mol. The van der Waals surface area contributed by atoms with Crippen LogP contribution in [0, 0.1) is 0 Å². The number of halogens is 1.